The molecule has 1 aliphatic rings. The molecule has 258 valence electrons. The Balaban J connectivity index is 0.000000383. The molecule has 9 nitrogen and oxygen atoms in total. The van der Waals surface area contributed by atoms with E-state index in [1.165, 1.54) is 5.56 Å². The van der Waals surface area contributed by atoms with Gasteiger partial charge in [-0.3, -0.25) is 4.79 Å². The number of aromatic nitrogens is 3. The quantitative estimate of drug-likeness (QED) is 0.211. The van der Waals surface area contributed by atoms with E-state index in [1.54, 1.807) is 18.3 Å². The fraction of sp³-hybridized carbons (Fsp3) is 0.486. The predicted molar refractivity (Wildman–Crippen MR) is 192 cm³/mol. The van der Waals surface area contributed by atoms with Gasteiger partial charge in [-0.1, -0.05) is 80.8 Å². The van der Waals surface area contributed by atoms with Gasteiger partial charge in [-0.25, -0.2) is 9.78 Å². The van der Waals surface area contributed by atoms with Crippen LogP contribution in [0.1, 0.15) is 114 Å². The fourth-order valence-corrected chi connectivity index (χ4v) is 5.36. The Bertz CT molecular complexity index is 1440. The number of thiazole rings is 1. The van der Waals surface area contributed by atoms with E-state index < -0.39 is 17.7 Å². The normalized spacial score (nSPS) is 14.0. The number of likely N-dealkylation sites (tertiary alicyclic amines) is 1. The highest BCUT2D eigenvalue weighted by atomic mass is 32.1. The van der Waals surface area contributed by atoms with Crippen LogP contribution in [-0.4, -0.2) is 44.7 Å². The van der Waals surface area contributed by atoms with Crippen LogP contribution in [0.4, 0.5) is 4.79 Å². The summed E-state index contributed by atoms with van der Waals surface area (Å²) in [6.07, 6.45) is 2.58. The second kappa shape index (κ2) is 20.9. The lowest BCUT2D eigenvalue weighted by Gasteiger charge is -2.20. The molecule has 2 aromatic carbocycles. The Morgan fingerprint density at radius 3 is 2.11 bits per heavy atom. The number of aryl methyl sites for hydroxylation is 4. The van der Waals surface area contributed by atoms with E-state index in [4.69, 9.17) is 9.15 Å². The number of hydrogen-bond acceptors (Lipinski definition) is 8. The summed E-state index contributed by atoms with van der Waals surface area (Å²) >= 11 is 1.65. The van der Waals surface area contributed by atoms with Crippen molar-refractivity contribution in [2.24, 2.45) is 0 Å². The number of amides is 2. The Hall–Kier alpha value is -4.05. The van der Waals surface area contributed by atoms with Crippen molar-refractivity contribution in [1.82, 2.24) is 25.4 Å². The van der Waals surface area contributed by atoms with Gasteiger partial charge in [0.1, 0.15) is 16.7 Å². The van der Waals surface area contributed by atoms with Crippen LogP contribution in [0.3, 0.4) is 0 Å². The molecule has 2 amide bonds. The van der Waals surface area contributed by atoms with Crippen molar-refractivity contribution in [2.75, 3.05) is 6.54 Å². The molecular weight excluding hydrogens is 611 g/mol. The molecule has 0 aliphatic carbocycles. The highest BCUT2D eigenvalue weighted by Gasteiger charge is 2.26. The number of carbonyl (C=O) groups is 2. The van der Waals surface area contributed by atoms with Gasteiger partial charge in [0.05, 0.1) is 6.04 Å². The third kappa shape index (κ3) is 14.9. The Kier molecular flexibility index (Phi) is 18.3. The van der Waals surface area contributed by atoms with Gasteiger partial charge in [0.15, 0.2) is 0 Å². The van der Waals surface area contributed by atoms with Crippen molar-refractivity contribution < 1.29 is 18.7 Å². The second-order valence-corrected chi connectivity index (χ2v) is 12.6. The molecular formula is C37H55N5O4S. The highest BCUT2D eigenvalue weighted by Crippen LogP contribution is 2.32. The number of nitrogens with zero attached hydrogens (tertiary/aromatic N) is 4. The number of ether oxygens (including phenoxy) is 1. The molecule has 0 bridgehead atoms. The smallest absolute Gasteiger partial charge is 0.408 e. The first-order chi connectivity index (χ1) is 22.3. The Labute approximate surface area is 286 Å². The molecule has 2 atom stereocenters. The van der Waals surface area contributed by atoms with Crippen LogP contribution in [0.15, 0.2) is 58.3 Å². The van der Waals surface area contributed by atoms with E-state index in [0.717, 1.165) is 53.2 Å². The SMILES string of the molecule is CC.CC.Cc1cc(C)cc(-c2nnc(C(C)NC(=O)OC(C)(C)C)o2)c1.Cc1ccccc1.Cc1csc(C2CCCN2C=O)n1. The number of nitrogens with one attached hydrogen (secondary N) is 1. The van der Waals surface area contributed by atoms with Crippen LogP contribution in [0.2, 0.25) is 0 Å². The van der Waals surface area contributed by atoms with Gasteiger partial charge in [0.2, 0.25) is 18.2 Å². The van der Waals surface area contributed by atoms with Crippen LogP contribution in [0, 0.1) is 27.7 Å². The molecule has 0 saturated carbocycles. The van der Waals surface area contributed by atoms with Crippen molar-refractivity contribution in [3.05, 3.63) is 87.2 Å². The van der Waals surface area contributed by atoms with Gasteiger partial charge in [-0.05, 0) is 80.4 Å². The van der Waals surface area contributed by atoms with E-state index in [-0.39, 0.29) is 6.04 Å². The van der Waals surface area contributed by atoms with Gasteiger partial charge in [0.25, 0.3) is 0 Å². The lowest BCUT2D eigenvalue weighted by molar-refractivity contribution is -0.118. The molecule has 47 heavy (non-hydrogen) atoms. The van der Waals surface area contributed by atoms with Crippen LogP contribution in [0.5, 0.6) is 0 Å². The van der Waals surface area contributed by atoms with Crippen molar-refractivity contribution in [3.63, 3.8) is 0 Å². The van der Waals surface area contributed by atoms with Gasteiger partial charge >= 0.3 is 6.09 Å². The molecule has 5 rings (SSSR count). The number of carbonyl (C=O) groups excluding carboxylic acids is 2. The summed E-state index contributed by atoms with van der Waals surface area (Å²) in [5.74, 6) is 0.773. The summed E-state index contributed by atoms with van der Waals surface area (Å²) in [4.78, 5) is 28.7. The van der Waals surface area contributed by atoms with E-state index >= 15 is 0 Å². The van der Waals surface area contributed by atoms with Gasteiger partial charge in [-0.2, -0.15) is 0 Å². The number of hydrogen-bond donors (Lipinski definition) is 1. The van der Waals surface area contributed by atoms with Crippen molar-refractivity contribution in [2.45, 2.75) is 114 Å². The first-order valence-electron chi connectivity index (χ1n) is 16.4. The Morgan fingerprint density at radius 2 is 1.62 bits per heavy atom. The molecule has 1 N–H and O–H groups in total. The summed E-state index contributed by atoms with van der Waals surface area (Å²) in [5.41, 5.74) is 4.94. The van der Waals surface area contributed by atoms with E-state index in [0.29, 0.717) is 11.8 Å². The minimum atomic E-state index is -0.553. The maximum Gasteiger partial charge on any atom is 0.408 e. The van der Waals surface area contributed by atoms with Crippen LogP contribution in [0.25, 0.3) is 11.5 Å². The monoisotopic (exact) mass is 665 g/mol. The fourth-order valence-electron chi connectivity index (χ4n) is 4.41. The number of benzene rings is 2. The van der Waals surface area contributed by atoms with Gasteiger partial charge in [0, 0.05) is 23.2 Å². The largest absolute Gasteiger partial charge is 0.444 e. The summed E-state index contributed by atoms with van der Waals surface area (Å²) in [6, 6.07) is 16.1. The zero-order valence-electron chi connectivity index (χ0n) is 30.4. The first-order valence-corrected chi connectivity index (χ1v) is 17.3. The van der Waals surface area contributed by atoms with Gasteiger partial charge < -0.3 is 19.4 Å². The van der Waals surface area contributed by atoms with Crippen LogP contribution >= 0.6 is 11.3 Å². The first kappa shape index (κ1) is 41.0. The molecule has 3 heterocycles. The van der Waals surface area contributed by atoms with Crippen molar-refractivity contribution >= 4 is 23.8 Å². The lowest BCUT2D eigenvalue weighted by atomic mass is 10.1. The highest BCUT2D eigenvalue weighted by molar-refractivity contribution is 7.09. The number of rotatable bonds is 5. The van der Waals surface area contributed by atoms with E-state index in [1.807, 2.05) is 110 Å². The molecule has 10 heteroatoms. The maximum absolute atomic E-state index is 11.8. The average Bonchev–Trinajstić information content (AvgIpc) is 3.80. The van der Waals surface area contributed by atoms with Crippen LogP contribution in [-0.2, 0) is 9.53 Å². The Morgan fingerprint density at radius 1 is 1.00 bits per heavy atom. The maximum atomic E-state index is 11.8. The zero-order chi connectivity index (χ0) is 35.6. The summed E-state index contributed by atoms with van der Waals surface area (Å²) < 4.78 is 10.9. The van der Waals surface area contributed by atoms with Crippen LogP contribution < -0.4 is 5.32 Å². The summed E-state index contributed by atoms with van der Waals surface area (Å²) in [5, 5.41) is 13.9. The minimum absolute atomic E-state index is 0.246. The second-order valence-electron chi connectivity index (χ2n) is 11.7. The van der Waals surface area contributed by atoms with Crippen molar-refractivity contribution in [3.8, 4) is 11.5 Å². The topological polar surface area (TPSA) is 110 Å². The molecule has 0 radical (unpaired) electrons. The summed E-state index contributed by atoms with van der Waals surface area (Å²) in [6.45, 7) is 24.2. The minimum Gasteiger partial charge on any atom is -0.444 e. The number of alkyl carbamates (subject to hydrolysis) is 1. The molecule has 1 fully saturated rings. The zero-order valence-corrected chi connectivity index (χ0v) is 31.2. The molecule has 1 aliphatic heterocycles. The van der Waals surface area contributed by atoms with Crippen molar-refractivity contribution in [1.29, 1.82) is 0 Å². The molecule has 4 aromatic rings. The standard InChI is InChI=1S/C17H23N3O3.C9H12N2OS.C7H8.2C2H6/c1-10-7-11(2)9-13(8-10)15-20-19-14(22-15)12(3)18-16(21)23-17(4,5)6;1-7-5-13-9(10-7)8-3-2-4-11(8)6-12;1-7-5-3-2-4-6-7;2*1-2/h7-9,12H,1-6H3,(H,18,21);5-6,8H,2-4H2,1H3;2-6H,1H3;2*1-2H3. The predicted octanol–water partition coefficient (Wildman–Crippen LogP) is 9.73. The third-order valence-corrected chi connectivity index (χ3v) is 7.37. The molecule has 2 unspecified atom stereocenters. The molecule has 0 spiro atoms. The average molecular weight is 666 g/mol. The van der Waals surface area contributed by atoms with Gasteiger partial charge in [-0.15, -0.1) is 21.5 Å². The van der Waals surface area contributed by atoms with E-state index in [2.05, 4.69) is 45.6 Å². The van der Waals surface area contributed by atoms with E-state index in [9.17, 15) is 9.59 Å². The third-order valence-electron chi connectivity index (χ3n) is 6.30. The molecule has 1 saturated heterocycles. The summed E-state index contributed by atoms with van der Waals surface area (Å²) in [7, 11) is 0. The molecule has 2 aromatic heterocycles. The lowest BCUT2D eigenvalue weighted by Crippen LogP contribution is -2.34.